The predicted octanol–water partition coefficient (Wildman–Crippen LogP) is 1.11. The maximum Gasteiger partial charge on any atom is 0.336 e. The third kappa shape index (κ3) is 1.01. The molecule has 0 aliphatic heterocycles. The number of rotatable bonds is 1. The molecular formula is C8H6N2O3. The number of carbonyl (C=O) groups is 1. The number of anilines is 1. The van der Waals surface area contributed by atoms with Gasteiger partial charge in [0.25, 0.3) is 0 Å². The molecule has 0 atom stereocenters. The number of hydrogen-bond donors (Lipinski definition) is 2. The molecule has 1 aromatic carbocycles. The molecule has 0 spiro atoms. The average molecular weight is 178 g/mol. The molecule has 3 N–H and O–H groups in total. The van der Waals surface area contributed by atoms with Crippen LogP contribution in [-0.4, -0.2) is 16.2 Å². The number of nitrogens with zero attached hydrogens (tertiary/aromatic N) is 1. The molecule has 1 aromatic heterocycles. The first kappa shape index (κ1) is 7.60. The molecule has 0 amide bonds. The number of nitrogen functional groups attached to an aromatic ring is 1. The van der Waals surface area contributed by atoms with Gasteiger partial charge in [-0.05, 0) is 12.1 Å². The van der Waals surface area contributed by atoms with Gasteiger partial charge in [0.05, 0.1) is 10.9 Å². The van der Waals surface area contributed by atoms with Crippen molar-refractivity contribution >= 4 is 22.8 Å². The van der Waals surface area contributed by atoms with Gasteiger partial charge in [0, 0.05) is 0 Å². The molecule has 0 saturated carbocycles. The molecule has 0 aliphatic rings. The molecule has 5 nitrogen and oxygen atoms in total. The number of aromatic carboxylic acids is 1. The number of aromatic nitrogens is 1. The van der Waals surface area contributed by atoms with Crippen molar-refractivity contribution in [2.75, 3.05) is 5.73 Å². The van der Waals surface area contributed by atoms with E-state index in [9.17, 15) is 4.79 Å². The van der Waals surface area contributed by atoms with Crippen molar-refractivity contribution in [3.05, 3.63) is 23.8 Å². The summed E-state index contributed by atoms with van der Waals surface area (Å²) in [6, 6.07) is 4.65. The van der Waals surface area contributed by atoms with Crippen LogP contribution in [0, 0.1) is 0 Å². The predicted molar refractivity (Wildman–Crippen MR) is 45.4 cm³/mol. The molecule has 0 aliphatic carbocycles. The fourth-order valence-corrected chi connectivity index (χ4v) is 1.19. The first-order valence-electron chi connectivity index (χ1n) is 3.57. The van der Waals surface area contributed by atoms with E-state index >= 15 is 0 Å². The van der Waals surface area contributed by atoms with E-state index in [1.165, 1.54) is 6.07 Å². The number of carboxylic acid groups (broad SMARTS) is 1. The summed E-state index contributed by atoms with van der Waals surface area (Å²) in [4.78, 5) is 10.7. The zero-order valence-electron chi connectivity index (χ0n) is 6.52. The highest BCUT2D eigenvalue weighted by Gasteiger charge is 2.14. The third-order valence-corrected chi connectivity index (χ3v) is 1.76. The zero-order valence-corrected chi connectivity index (χ0v) is 6.52. The normalized spacial score (nSPS) is 10.5. The summed E-state index contributed by atoms with van der Waals surface area (Å²) in [5.41, 5.74) is 5.94. The van der Waals surface area contributed by atoms with Crippen LogP contribution in [-0.2, 0) is 0 Å². The Bertz CT molecular complexity index is 475. The van der Waals surface area contributed by atoms with Gasteiger partial charge in [-0.2, -0.15) is 0 Å². The minimum atomic E-state index is -1.04. The lowest BCUT2D eigenvalue weighted by Gasteiger charge is -1.94. The van der Waals surface area contributed by atoms with E-state index in [1.54, 1.807) is 12.1 Å². The van der Waals surface area contributed by atoms with Crippen LogP contribution in [0.1, 0.15) is 10.4 Å². The lowest BCUT2D eigenvalue weighted by Crippen LogP contribution is -1.97. The van der Waals surface area contributed by atoms with Gasteiger partial charge in [0.2, 0.25) is 0 Å². The van der Waals surface area contributed by atoms with Gasteiger partial charge in [-0.15, -0.1) is 0 Å². The van der Waals surface area contributed by atoms with Crippen molar-refractivity contribution in [1.29, 1.82) is 0 Å². The number of hydrogen-bond acceptors (Lipinski definition) is 4. The summed E-state index contributed by atoms with van der Waals surface area (Å²) >= 11 is 0. The van der Waals surface area contributed by atoms with E-state index < -0.39 is 5.97 Å². The second kappa shape index (κ2) is 2.48. The molecule has 0 unspecified atom stereocenters. The molecule has 2 aromatic rings. The van der Waals surface area contributed by atoms with E-state index in [4.69, 9.17) is 15.4 Å². The molecule has 5 heteroatoms. The third-order valence-electron chi connectivity index (χ3n) is 1.76. The molecule has 13 heavy (non-hydrogen) atoms. The summed E-state index contributed by atoms with van der Waals surface area (Å²) in [7, 11) is 0. The quantitative estimate of drug-likeness (QED) is 0.682. The smallest absolute Gasteiger partial charge is 0.336 e. The van der Waals surface area contributed by atoms with Crippen molar-refractivity contribution in [1.82, 2.24) is 5.16 Å². The van der Waals surface area contributed by atoms with Gasteiger partial charge < -0.3 is 15.4 Å². The fourth-order valence-electron chi connectivity index (χ4n) is 1.19. The Morgan fingerprint density at radius 1 is 1.54 bits per heavy atom. The van der Waals surface area contributed by atoms with Gasteiger partial charge in [-0.25, -0.2) is 4.79 Å². The van der Waals surface area contributed by atoms with Crippen LogP contribution < -0.4 is 5.73 Å². The van der Waals surface area contributed by atoms with E-state index in [2.05, 4.69) is 5.16 Å². The highest BCUT2D eigenvalue weighted by atomic mass is 16.5. The Balaban J connectivity index is 2.88. The zero-order chi connectivity index (χ0) is 9.42. The van der Waals surface area contributed by atoms with Crippen molar-refractivity contribution in [2.24, 2.45) is 0 Å². The topological polar surface area (TPSA) is 89.4 Å². The summed E-state index contributed by atoms with van der Waals surface area (Å²) in [6.45, 7) is 0. The SMILES string of the molecule is Nc1noc2cccc(C(=O)O)c12. The van der Waals surface area contributed by atoms with Crippen LogP contribution in [0.3, 0.4) is 0 Å². The van der Waals surface area contributed by atoms with Crippen LogP contribution in [0.15, 0.2) is 22.7 Å². The van der Waals surface area contributed by atoms with E-state index in [-0.39, 0.29) is 11.4 Å². The first-order chi connectivity index (χ1) is 6.20. The van der Waals surface area contributed by atoms with Crippen LogP contribution in [0.5, 0.6) is 0 Å². The second-order valence-corrected chi connectivity index (χ2v) is 2.55. The Morgan fingerprint density at radius 3 is 3.00 bits per heavy atom. The maximum atomic E-state index is 10.7. The largest absolute Gasteiger partial charge is 0.478 e. The first-order valence-corrected chi connectivity index (χ1v) is 3.57. The van der Waals surface area contributed by atoms with Crippen LogP contribution in [0.4, 0.5) is 5.82 Å². The molecule has 0 radical (unpaired) electrons. The fraction of sp³-hybridized carbons (Fsp3) is 0. The van der Waals surface area contributed by atoms with E-state index in [0.717, 1.165) is 0 Å². The van der Waals surface area contributed by atoms with Gasteiger partial charge in [-0.1, -0.05) is 11.2 Å². The molecule has 0 bridgehead atoms. The highest BCUT2D eigenvalue weighted by molar-refractivity contribution is 6.06. The number of carboxylic acids is 1. The lowest BCUT2D eigenvalue weighted by atomic mass is 10.1. The summed E-state index contributed by atoms with van der Waals surface area (Å²) in [6.07, 6.45) is 0. The van der Waals surface area contributed by atoms with Crippen LogP contribution in [0.2, 0.25) is 0 Å². The summed E-state index contributed by atoms with van der Waals surface area (Å²) < 4.78 is 4.80. The monoisotopic (exact) mass is 178 g/mol. The van der Waals surface area contributed by atoms with Crippen LogP contribution in [0.25, 0.3) is 11.0 Å². The van der Waals surface area contributed by atoms with Crippen molar-refractivity contribution in [3.8, 4) is 0 Å². The second-order valence-electron chi connectivity index (χ2n) is 2.55. The minimum Gasteiger partial charge on any atom is -0.478 e. The van der Waals surface area contributed by atoms with Gasteiger partial charge in [0.15, 0.2) is 11.4 Å². The molecule has 0 fully saturated rings. The molecule has 2 rings (SSSR count). The molecule has 0 saturated heterocycles. The Labute approximate surface area is 72.7 Å². The Kier molecular flexibility index (Phi) is 1.45. The number of benzene rings is 1. The Hall–Kier alpha value is -2.04. The molecule has 1 heterocycles. The van der Waals surface area contributed by atoms with E-state index in [0.29, 0.717) is 11.0 Å². The van der Waals surface area contributed by atoms with Crippen molar-refractivity contribution in [3.63, 3.8) is 0 Å². The van der Waals surface area contributed by atoms with Crippen LogP contribution >= 0.6 is 0 Å². The number of nitrogens with two attached hydrogens (primary N) is 1. The Morgan fingerprint density at radius 2 is 2.31 bits per heavy atom. The molecule has 66 valence electrons. The lowest BCUT2D eigenvalue weighted by molar-refractivity contribution is 0.0699. The van der Waals surface area contributed by atoms with E-state index in [1.807, 2.05) is 0 Å². The minimum absolute atomic E-state index is 0.105. The highest BCUT2D eigenvalue weighted by Crippen LogP contribution is 2.23. The van der Waals surface area contributed by atoms with Gasteiger partial charge in [0.1, 0.15) is 0 Å². The van der Waals surface area contributed by atoms with Crippen molar-refractivity contribution < 1.29 is 14.4 Å². The maximum absolute atomic E-state index is 10.7. The van der Waals surface area contributed by atoms with Crippen molar-refractivity contribution in [2.45, 2.75) is 0 Å². The number of fused-ring (bicyclic) bond motifs is 1. The van der Waals surface area contributed by atoms with Gasteiger partial charge in [-0.3, -0.25) is 0 Å². The average Bonchev–Trinajstić information content (AvgIpc) is 2.48. The summed E-state index contributed by atoms with van der Waals surface area (Å²) in [5.74, 6) is -0.937. The standard InChI is InChI=1S/C8H6N2O3/c9-7-6-4(8(11)12)2-1-3-5(6)13-10-7/h1-3H,(H2,9,10)(H,11,12). The van der Waals surface area contributed by atoms with Gasteiger partial charge >= 0.3 is 5.97 Å². The summed E-state index contributed by atoms with van der Waals surface area (Å²) in [5, 5.41) is 12.6. The molecular weight excluding hydrogens is 172 g/mol.